The minimum Gasteiger partial charge on any atom is -0.351 e. The van der Waals surface area contributed by atoms with Gasteiger partial charge in [0, 0.05) is 24.0 Å². The predicted octanol–water partition coefficient (Wildman–Crippen LogP) is 3.07. The van der Waals surface area contributed by atoms with Gasteiger partial charge < -0.3 is 9.88 Å². The topological polar surface area (TPSA) is 71.4 Å². The van der Waals surface area contributed by atoms with Crippen LogP contribution < -0.4 is 5.32 Å². The maximum absolute atomic E-state index is 13.2. The van der Waals surface area contributed by atoms with Crippen molar-refractivity contribution in [3.63, 3.8) is 0 Å². The van der Waals surface area contributed by atoms with Gasteiger partial charge in [0.25, 0.3) is 5.91 Å². The highest BCUT2D eigenvalue weighted by Gasteiger charge is 2.52. The van der Waals surface area contributed by atoms with E-state index in [2.05, 4.69) is 5.32 Å². The number of nitrogens with one attached hydrogen (secondary N) is 1. The van der Waals surface area contributed by atoms with Gasteiger partial charge in [0.15, 0.2) is 5.78 Å². The van der Waals surface area contributed by atoms with Crippen LogP contribution in [0.4, 0.5) is 4.79 Å². The first-order chi connectivity index (χ1) is 12.8. The maximum Gasteiger partial charge on any atom is 0.325 e. The van der Waals surface area contributed by atoms with Crippen LogP contribution in [0.1, 0.15) is 47.1 Å². The predicted molar refractivity (Wildman–Crippen MR) is 102 cm³/mol. The van der Waals surface area contributed by atoms with Gasteiger partial charge in [0.2, 0.25) is 0 Å². The van der Waals surface area contributed by atoms with Crippen LogP contribution in [0.5, 0.6) is 0 Å². The molecule has 1 aliphatic rings. The standard InChI is InChI=1S/C21H25N3O3/c1-5-11-21(16-9-7-6-8-10-16)19(26)24(20(27)22-21)13-18(25)17-12-14(2)23(4)15(17)3/h6-10,12H,5,11,13H2,1-4H3,(H,22,27). The highest BCUT2D eigenvalue weighted by atomic mass is 16.2. The van der Waals surface area contributed by atoms with E-state index in [9.17, 15) is 14.4 Å². The van der Waals surface area contributed by atoms with Crippen molar-refractivity contribution in [3.05, 3.63) is 58.9 Å². The van der Waals surface area contributed by atoms with Gasteiger partial charge in [-0.1, -0.05) is 43.7 Å². The molecule has 6 heteroatoms. The molecule has 1 aromatic heterocycles. The summed E-state index contributed by atoms with van der Waals surface area (Å²) in [5.74, 6) is -0.598. The molecule has 2 heterocycles. The maximum atomic E-state index is 13.2. The minimum atomic E-state index is -1.10. The van der Waals surface area contributed by atoms with Crippen molar-refractivity contribution in [1.29, 1.82) is 0 Å². The van der Waals surface area contributed by atoms with Gasteiger partial charge in [-0.15, -0.1) is 0 Å². The van der Waals surface area contributed by atoms with Crippen LogP contribution in [0, 0.1) is 13.8 Å². The summed E-state index contributed by atoms with van der Waals surface area (Å²) < 4.78 is 1.92. The summed E-state index contributed by atoms with van der Waals surface area (Å²) in [6, 6.07) is 10.5. The average molecular weight is 367 g/mol. The number of aromatic nitrogens is 1. The first-order valence-electron chi connectivity index (χ1n) is 9.17. The minimum absolute atomic E-state index is 0.236. The van der Waals surface area contributed by atoms with Crippen molar-refractivity contribution in [3.8, 4) is 0 Å². The third kappa shape index (κ3) is 3.05. The highest BCUT2D eigenvalue weighted by molar-refractivity contribution is 6.11. The lowest BCUT2D eigenvalue weighted by atomic mass is 9.85. The molecule has 1 aromatic carbocycles. The van der Waals surface area contributed by atoms with Crippen LogP contribution >= 0.6 is 0 Å². The van der Waals surface area contributed by atoms with Crippen molar-refractivity contribution in [1.82, 2.24) is 14.8 Å². The monoisotopic (exact) mass is 367 g/mol. The van der Waals surface area contributed by atoms with E-state index in [-0.39, 0.29) is 18.2 Å². The summed E-state index contributed by atoms with van der Waals surface area (Å²) in [5.41, 5.74) is 1.97. The van der Waals surface area contributed by atoms with Crippen LogP contribution in [0.25, 0.3) is 0 Å². The Hall–Kier alpha value is -2.89. The van der Waals surface area contributed by atoms with Crippen LogP contribution in [0.3, 0.4) is 0 Å². The number of ketones is 1. The Morgan fingerprint density at radius 3 is 2.37 bits per heavy atom. The first-order valence-corrected chi connectivity index (χ1v) is 9.17. The summed E-state index contributed by atoms with van der Waals surface area (Å²) in [6.45, 7) is 5.48. The Morgan fingerprint density at radius 1 is 1.15 bits per heavy atom. The van der Waals surface area contributed by atoms with Gasteiger partial charge in [0.1, 0.15) is 5.54 Å². The summed E-state index contributed by atoms with van der Waals surface area (Å²) in [4.78, 5) is 39.7. The lowest BCUT2D eigenvalue weighted by molar-refractivity contribution is -0.131. The van der Waals surface area contributed by atoms with E-state index >= 15 is 0 Å². The molecular weight excluding hydrogens is 342 g/mol. The molecule has 27 heavy (non-hydrogen) atoms. The number of aryl methyl sites for hydroxylation is 1. The molecule has 1 fully saturated rings. The molecule has 0 aliphatic carbocycles. The van der Waals surface area contributed by atoms with Gasteiger partial charge in [-0.25, -0.2) is 4.79 Å². The van der Waals surface area contributed by atoms with Crippen molar-refractivity contribution >= 4 is 17.7 Å². The van der Waals surface area contributed by atoms with Crippen LogP contribution in [0.2, 0.25) is 0 Å². The molecule has 6 nitrogen and oxygen atoms in total. The van der Waals surface area contributed by atoms with Gasteiger partial charge in [0.05, 0.1) is 6.54 Å². The Morgan fingerprint density at radius 2 is 1.81 bits per heavy atom. The van der Waals surface area contributed by atoms with Crippen LogP contribution in [-0.2, 0) is 17.4 Å². The smallest absolute Gasteiger partial charge is 0.325 e. The normalized spacial score (nSPS) is 19.5. The third-order valence-electron chi connectivity index (χ3n) is 5.44. The number of carbonyl (C=O) groups excluding carboxylic acids is 3. The molecule has 0 radical (unpaired) electrons. The van der Waals surface area contributed by atoms with E-state index in [0.29, 0.717) is 12.0 Å². The third-order valence-corrected chi connectivity index (χ3v) is 5.44. The van der Waals surface area contributed by atoms with E-state index in [1.54, 1.807) is 6.07 Å². The highest BCUT2D eigenvalue weighted by Crippen LogP contribution is 2.33. The van der Waals surface area contributed by atoms with Crippen LogP contribution in [0.15, 0.2) is 36.4 Å². The number of urea groups is 1. The quantitative estimate of drug-likeness (QED) is 0.630. The summed E-state index contributed by atoms with van der Waals surface area (Å²) in [6.07, 6.45) is 1.20. The summed E-state index contributed by atoms with van der Waals surface area (Å²) in [5, 5.41) is 2.85. The molecule has 142 valence electrons. The second kappa shape index (κ2) is 7.02. The number of carbonyl (C=O) groups is 3. The van der Waals surface area contributed by atoms with E-state index in [1.165, 1.54) is 0 Å². The first kappa shape index (κ1) is 18.9. The molecule has 1 unspecified atom stereocenters. The SMILES string of the molecule is CCCC1(c2ccccc2)NC(=O)N(CC(=O)c2cc(C)n(C)c2C)C1=O. The Balaban J connectivity index is 1.91. The fourth-order valence-corrected chi connectivity index (χ4v) is 3.74. The number of hydrogen-bond donors (Lipinski definition) is 1. The molecule has 0 spiro atoms. The van der Waals surface area contributed by atoms with E-state index < -0.39 is 11.6 Å². The lowest BCUT2D eigenvalue weighted by Crippen LogP contribution is -2.44. The molecule has 3 amide bonds. The van der Waals surface area contributed by atoms with Gasteiger partial charge in [-0.2, -0.15) is 0 Å². The zero-order valence-corrected chi connectivity index (χ0v) is 16.2. The fraction of sp³-hybridized carbons (Fsp3) is 0.381. The number of amides is 3. The number of imide groups is 1. The lowest BCUT2D eigenvalue weighted by Gasteiger charge is -2.26. The van der Waals surface area contributed by atoms with Crippen LogP contribution in [-0.4, -0.2) is 33.7 Å². The largest absolute Gasteiger partial charge is 0.351 e. The molecule has 1 N–H and O–H groups in total. The molecule has 1 saturated heterocycles. The Kier molecular flexibility index (Phi) is 4.91. The molecular formula is C21H25N3O3. The Labute approximate surface area is 159 Å². The number of hydrogen-bond acceptors (Lipinski definition) is 3. The van der Waals surface area contributed by atoms with Crippen molar-refractivity contribution < 1.29 is 14.4 Å². The summed E-state index contributed by atoms with van der Waals surface area (Å²) in [7, 11) is 1.89. The average Bonchev–Trinajstić information content (AvgIpc) is 3.05. The zero-order valence-electron chi connectivity index (χ0n) is 16.2. The molecule has 0 saturated carbocycles. The van der Waals surface area contributed by atoms with E-state index in [0.717, 1.165) is 28.3 Å². The summed E-state index contributed by atoms with van der Waals surface area (Å²) >= 11 is 0. The van der Waals surface area contributed by atoms with E-state index in [1.807, 2.05) is 62.7 Å². The van der Waals surface area contributed by atoms with Crippen molar-refractivity contribution in [2.75, 3.05) is 6.54 Å². The van der Waals surface area contributed by atoms with Crippen molar-refractivity contribution in [2.45, 2.75) is 39.2 Å². The molecule has 2 aromatic rings. The second-order valence-electron chi connectivity index (χ2n) is 7.11. The van der Waals surface area contributed by atoms with E-state index in [4.69, 9.17) is 0 Å². The van der Waals surface area contributed by atoms with Gasteiger partial charge in [-0.05, 0) is 31.9 Å². The molecule has 0 bridgehead atoms. The number of nitrogens with zero attached hydrogens (tertiary/aromatic N) is 2. The Bertz CT molecular complexity index is 901. The molecule has 1 aliphatic heterocycles. The van der Waals surface area contributed by atoms with Crippen molar-refractivity contribution in [2.24, 2.45) is 7.05 Å². The number of rotatable bonds is 6. The molecule has 1 atom stereocenters. The number of benzene rings is 1. The second-order valence-corrected chi connectivity index (χ2v) is 7.11. The number of Topliss-reactive ketones (excluding diaryl/α,β-unsaturated/α-hetero) is 1. The van der Waals surface area contributed by atoms with Gasteiger partial charge >= 0.3 is 6.03 Å². The fourth-order valence-electron chi connectivity index (χ4n) is 3.74. The molecule has 3 rings (SSSR count). The zero-order chi connectivity index (χ0) is 19.8. The van der Waals surface area contributed by atoms with Gasteiger partial charge in [-0.3, -0.25) is 14.5 Å².